The van der Waals surface area contributed by atoms with Crippen molar-refractivity contribution < 1.29 is 4.79 Å². The summed E-state index contributed by atoms with van der Waals surface area (Å²) < 4.78 is 0. The minimum atomic E-state index is 0.198. The van der Waals surface area contributed by atoms with Gasteiger partial charge in [-0.15, -0.1) is 11.8 Å². The smallest absolute Gasteiger partial charge is 0.173 e. The number of hydrogen-bond acceptors (Lipinski definition) is 2. The minimum absolute atomic E-state index is 0.198. The van der Waals surface area contributed by atoms with E-state index >= 15 is 0 Å². The number of hydrogen-bond donors (Lipinski definition) is 0. The SMILES string of the molecule is CCc1cccc(C(=O)CSc2ccccc2C)c1. The third kappa shape index (κ3) is 3.71. The molecule has 0 fully saturated rings. The lowest BCUT2D eigenvalue weighted by molar-refractivity contribution is 0.102. The van der Waals surface area contributed by atoms with Gasteiger partial charge in [-0.1, -0.05) is 43.3 Å². The highest BCUT2D eigenvalue weighted by Gasteiger charge is 2.08. The molecule has 2 rings (SSSR count). The molecule has 98 valence electrons. The van der Waals surface area contributed by atoms with Crippen LogP contribution in [0.2, 0.25) is 0 Å². The van der Waals surface area contributed by atoms with Gasteiger partial charge in [0.2, 0.25) is 0 Å². The number of aryl methyl sites for hydroxylation is 2. The highest BCUT2D eigenvalue weighted by Crippen LogP contribution is 2.22. The van der Waals surface area contributed by atoms with Crippen LogP contribution in [-0.2, 0) is 6.42 Å². The van der Waals surface area contributed by atoms with E-state index in [1.807, 2.05) is 30.3 Å². The third-order valence-electron chi connectivity index (χ3n) is 3.11. The van der Waals surface area contributed by atoms with Crippen LogP contribution in [0.4, 0.5) is 0 Å². The van der Waals surface area contributed by atoms with Crippen LogP contribution in [0.3, 0.4) is 0 Å². The largest absolute Gasteiger partial charge is 0.293 e. The van der Waals surface area contributed by atoms with E-state index in [0.717, 1.165) is 12.0 Å². The molecular formula is C17H18OS. The molecule has 2 heteroatoms. The predicted molar refractivity (Wildman–Crippen MR) is 82.1 cm³/mol. The van der Waals surface area contributed by atoms with Gasteiger partial charge in [-0.2, -0.15) is 0 Å². The van der Waals surface area contributed by atoms with Crippen molar-refractivity contribution in [2.24, 2.45) is 0 Å². The lowest BCUT2D eigenvalue weighted by Gasteiger charge is -2.05. The standard InChI is InChI=1S/C17H18OS/c1-3-14-8-6-9-15(11-14)16(18)12-19-17-10-5-4-7-13(17)2/h4-11H,3,12H2,1-2H3. The van der Waals surface area contributed by atoms with Gasteiger partial charge in [-0.3, -0.25) is 4.79 Å². The van der Waals surface area contributed by atoms with Crippen molar-refractivity contribution in [3.8, 4) is 0 Å². The van der Waals surface area contributed by atoms with Crippen LogP contribution in [-0.4, -0.2) is 11.5 Å². The number of benzene rings is 2. The molecule has 0 bridgehead atoms. The second kappa shape index (κ2) is 6.58. The molecule has 0 heterocycles. The average Bonchev–Trinajstić information content (AvgIpc) is 2.46. The lowest BCUT2D eigenvalue weighted by atomic mass is 10.1. The molecule has 0 amide bonds. The summed E-state index contributed by atoms with van der Waals surface area (Å²) in [5.74, 6) is 0.696. The van der Waals surface area contributed by atoms with Gasteiger partial charge >= 0.3 is 0 Å². The van der Waals surface area contributed by atoms with Crippen molar-refractivity contribution in [1.29, 1.82) is 0 Å². The van der Waals surface area contributed by atoms with Crippen LogP contribution >= 0.6 is 11.8 Å². The molecule has 0 spiro atoms. The Kier molecular flexibility index (Phi) is 4.80. The van der Waals surface area contributed by atoms with Gasteiger partial charge in [0.25, 0.3) is 0 Å². The summed E-state index contributed by atoms with van der Waals surface area (Å²) in [6, 6.07) is 16.1. The van der Waals surface area contributed by atoms with E-state index in [1.165, 1.54) is 16.0 Å². The maximum atomic E-state index is 12.2. The van der Waals surface area contributed by atoms with Crippen molar-refractivity contribution in [1.82, 2.24) is 0 Å². The number of ketones is 1. The summed E-state index contributed by atoms with van der Waals surface area (Å²) in [7, 11) is 0. The maximum Gasteiger partial charge on any atom is 0.173 e. The van der Waals surface area contributed by atoms with Gasteiger partial charge < -0.3 is 0 Å². The normalized spacial score (nSPS) is 10.4. The van der Waals surface area contributed by atoms with E-state index in [4.69, 9.17) is 0 Å². The Bertz CT molecular complexity index is 575. The third-order valence-corrected chi connectivity index (χ3v) is 4.29. The zero-order valence-corrected chi connectivity index (χ0v) is 12.2. The summed E-state index contributed by atoms with van der Waals surface area (Å²) in [4.78, 5) is 13.4. The number of Topliss-reactive ketones (excluding diaryl/α,β-unsaturated/α-hetero) is 1. The Morgan fingerprint density at radius 3 is 2.63 bits per heavy atom. The first kappa shape index (κ1) is 13.9. The first-order chi connectivity index (χ1) is 9.20. The quantitative estimate of drug-likeness (QED) is 0.586. The second-order valence-electron chi connectivity index (χ2n) is 4.53. The Morgan fingerprint density at radius 2 is 1.89 bits per heavy atom. The molecule has 0 unspecified atom stereocenters. The first-order valence-electron chi connectivity index (χ1n) is 6.51. The van der Waals surface area contributed by atoms with Crippen molar-refractivity contribution in [2.45, 2.75) is 25.2 Å². The summed E-state index contributed by atoms with van der Waals surface area (Å²) in [5, 5.41) is 0. The molecule has 0 N–H and O–H groups in total. The molecule has 0 aromatic heterocycles. The number of rotatable bonds is 5. The van der Waals surface area contributed by atoms with E-state index < -0.39 is 0 Å². The van der Waals surface area contributed by atoms with Crippen LogP contribution in [0.5, 0.6) is 0 Å². The van der Waals surface area contributed by atoms with Crippen LogP contribution in [0, 0.1) is 6.92 Å². The summed E-state index contributed by atoms with van der Waals surface area (Å²) in [5.41, 5.74) is 3.26. The number of thioether (sulfide) groups is 1. The van der Waals surface area contributed by atoms with E-state index in [-0.39, 0.29) is 5.78 Å². The molecule has 2 aromatic carbocycles. The van der Waals surface area contributed by atoms with Gasteiger partial charge in [0.1, 0.15) is 0 Å². The zero-order valence-electron chi connectivity index (χ0n) is 11.3. The Morgan fingerprint density at radius 1 is 1.11 bits per heavy atom. The van der Waals surface area contributed by atoms with Gasteiger partial charge in [-0.25, -0.2) is 0 Å². The topological polar surface area (TPSA) is 17.1 Å². The van der Waals surface area contributed by atoms with Crippen LogP contribution in [0.1, 0.15) is 28.4 Å². The van der Waals surface area contributed by atoms with Gasteiger partial charge in [0, 0.05) is 10.5 Å². The predicted octanol–water partition coefficient (Wildman–Crippen LogP) is 4.53. The Balaban J connectivity index is 2.03. The van der Waals surface area contributed by atoms with E-state index in [9.17, 15) is 4.79 Å². The highest BCUT2D eigenvalue weighted by molar-refractivity contribution is 8.00. The molecule has 19 heavy (non-hydrogen) atoms. The van der Waals surface area contributed by atoms with E-state index in [1.54, 1.807) is 11.8 Å². The average molecular weight is 270 g/mol. The summed E-state index contributed by atoms with van der Waals surface area (Å²) in [6.45, 7) is 4.18. The van der Waals surface area contributed by atoms with Crippen molar-refractivity contribution >= 4 is 17.5 Å². The van der Waals surface area contributed by atoms with E-state index in [2.05, 4.69) is 32.0 Å². The summed E-state index contributed by atoms with van der Waals surface area (Å²) in [6.07, 6.45) is 0.964. The molecule has 0 radical (unpaired) electrons. The van der Waals surface area contributed by atoms with Crippen molar-refractivity contribution in [3.05, 3.63) is 65.2 Å². The first-order valence-corrected chi connectivity index (χ1v) is 7.50. The fraction of sp³-hybridized carbons (Fsp3) is 0.235. The van der Waals surface area contributed by atoms with Gasteiger partial charge in [0.15, 0.2) is 5.78 Å². The molecule has 0 aliphatic heterocycles. The van der Waals surface area contributed by atoms with Gasteiger partial charge in [-0.05, 0) is 36.6 Å². The van der Waals surface area contributed by atoms with Crippen LogP contribution in [0.25, 0.3) is 0 Å². The van der Waals surface area contributed by atoms with E-state index in [0.29, 0.717) is 5.75 Å². The Labute approximate surface area is 119 Å². The van der Waals surface area contributed by atoms with Gasteiger partial charge in [0.05, 0.1) is 5.75 Å². The summed E-state index contributed by atoms with van der Waals surface area (Å²) >= 11 is 1.61. The number of carbonyl (C=O) groups excluding carboxylic acids is 1. The fourth-order valence-corrected chi connectivity index (χ4v) is 2.83. The minimum Gasteiger partial charge on any atom is -0.293 e. The molecule has 0 saturated heterocycles. The Hall–Kier alpha value is -1.54. The molecule has 0 aliphatic rings. The molecule has 0 atom stereocenters. The van der Waals surface area contributed by atoms with Crippen LogP contribution < -0.4 is 0 Å². The monoisotopic (exact) mass is 270 g/mol. The lowest BCUT2D eigenvalue weighted by Crippen LogP contribution is -2.03. The van der Waals surface area contributed by atoms with Crippen LogP contribution in [0.15, 0.2) is 53.4 Å². The zero-order chi connectivity index (χ0) is 13.7. The molecule has 0 saturated carbocycles. The van der Waals surface area contributed by atoms with Crippen molar-refractivity contribution in [3.63, 3.8) is 0 Å². The highest BCUT2D eigenvalue weighted by atomic mass is 32.2. The molecular weight excluding hydrogens is 252 g/mol. The van der Waals surface area contributed by atoms with Crippen molar-refractivity contribution in [2.75, 3.05) is 5.75 Å². The molecule has 1 nitrogen and oxygen atoms in total. The molecule has 0 aliphatic carbocycles. The maximum absolute atomic E-state index is 12.2. The number of carbonyl (C=O) groups is 1. The molecule has 2 aromatic rings. The fourth-order valence-electron chi connectivity index (χ4n) is 1.91. The second-order valence-corrected chi connectivity index (χ2v) is 5.55.